The van der Waals surface area contributed by atoms with Gasteiger partial charge in [0, 0.05) is 36.6 Å². The summed E-state index contributed by atoms with van der Waals surface area (Å²) in [5.74, 6) is 0.525. The van der Waals surface area contributed by atoms with Crippen molar-refractivity contribution in [2.45, 2.75) is 20.3 Å². The Bertz CT molecular complexity index is 962. The van der Waals surface area contributed by atoms with Crippen molar-refractivity contribution in [3.63, 3.8) is 0 Å². The number of anilines is 1. The van der Waals surface area contributed by atoms with Gasteiger partial charge < -0.3 is 10.6 Å². The zero-order valence-corrected chi connectivity index (χ0v) is 15.9. The molecule has 1 amide bonds. The number of hydrogen-bond acceptors (Lipinski definition) is 5. The number of halogens is 1. The van der Waals surface area contributed by atoms with Crippen LogP contribution in [0.1, 0.15) is 28.5 Å². The van der Waals surface area contributed by atoms with Gasteiger partial charge in [0.25, 0.3) is 5.91 Å². The first-order valence-corrected chi connectivity index (χ1v) is 9.14. The highest BCUT2D eigenvalue weighted by Crippen LogP contribution is 2.16. The standard InChI is InChI=1S/C21H22FN5O/c1-3-16-13-19(27-20(26-16)18-6-4-5-9-23-18)24-10-11-25-21(28)15-8-7-14(2)17(22)12-15/h4-9,12-13H,3,10-11H2,1-2H3,(H,25,28)(H,24,26,27). The summed E-state index contributed by atoms with van der Waals surface area (Å²) in [5.41, 5.74) is 2.42. The Morgan fingerprint density at radius 3 is 2.68 bits per heavy atom. The molecule has 2 N–H and O–H groups in total. The molecule has 0 radical (unpaired) electrons. The minimum Gasteiger partial charge on any atom is -0.368 e. The van der Waals surface area contributed by atoms with Crippen LogP contribution in [0, 0.1) is 12.7 Å². The Morgan fingerprint density at radius 2 is 1.96 bits per heavy atom. The summed E-state index contributed by atoms with van der Waals surface area (Å²) in [6, 6.07) is 11.9. The summed E-state index contributed by atoms with van der Waals surface area (Å²) >= 11 is 0. The van der Waals surface area contributed by atoms with Gasteiger partial charge in [0.2, 0.25) is 0 Å². The van der Waals surface area contributed by atoms with Gasteiger partial charge in [-0.1, -0.05) is 19.1 Å². The molecule has 0 saturated heterocycles. The number of pyridine rings is 1. The highest BCUT2D eigenvalue weighted by Gasteiger charge is 2.09. The topological polar surface area (TPSA) is 79.8 Å². The number of rotatable bonds is 7. The minimum absolute atomic E-state index is 0.302. The molecule has 0 saturated carbocycles. The summed E-state index contributed by atoms with van der Waals surface area (Å²) in [7, 11) is 0. The summed E-state index contributed by atoms with van der Waals surface area (Å²) in [5, 5.41) is 5.96. The van der Waals surface area contributed by atoms with E-state index >= 15 is 0 Å². The number of nitrogens with one attached hydrogen (secondary N) is 2. The lowest BCUT2D eigenvalue weighted by atomic mass is 10.1. The Hall–Kier alpha value is -3.35. The van der Waals surface area contributed by atoms with Crippen molar-refractivity contribution in [3.8, 4) is 11.5 Å². The zero-order chi connectivity index (χ0) is 19.9. The van der Waals surface area contributed by atoms with Gasteiger partial charge >= 0.3 is 0 Å². The van der Waals surface area contributed by atoms with Crippen molar-refractivity contribution in [1.29, 1.82) is 0 Å². The van der Waals surface area contributed by atoms with Crippen molar-refractivity contribution in [2.75, 3.05) is 18.4 Å². The molecule has 0 spiro atoms. The molecule has 2 aromatic heterocycles. The molecule has 0 bridgehead atoms. The van der Waals surface area contributed by atoms with Crippen LogP contribution in [-0.4, -0.2) is 33.9 Å². The molecule has 0 fully saturated rings. The lowest BCUT2D eigenvalue weighted by Crippen LogP contribution is -2.29. The molecule has 0 unspecified atom stereocenters. The monoisotopic (exact) mass is 379 g/mol. The van der Waals surface area contributed by atoms with E-state index in [-0.39, 0.29) is 11.7 Å². The molecule has 0 atom stereocenters. The van der Waals surface area contributed by atoms with Crippen molar-refractivity contribution in [2.24, 2.45) is 0 Å². The van der Waals surface area contributed by atoms with E-state index in [2.05, 4.69) is 25.6 Å². The van der Waals surface area contributed by atoms with E-state index < -0.39 is 0 Å². The molecule has 2 heterocycles. The number of carbonyl (C=O) groups is 1. The number of hydrogen-bond donors (Lipinski definition) is 2. The molecule has 6 nitrogen and oxygen atoms in total. The van der Waals surface area contributed by atoms with E-state index in [9.17, 15) is 9.18 Å². The van der Waals surface area contributed by atoms with Gasteiger partial charge in [0.1, 0.15) is 17.3 Å². The predicted octanol–water partition coefficient (Wildman–Crippen LogP) is 3.39. The molecule has 0 aliphatic heterocycles. The molecule has 0 aliphatic carbocycles. The average Bonchev–Trinajstić information content (AvgIpc) is 2.73. The van der Waals surface area contributed by atoms with E-state index in [0.29, 0.717) is 41.6 Å². The van der Waals surface area contributed by atoms with Crippen molar-refractivity contribution in [3.05, 3.63) is 71.3 Å². The van der Waals surface area contributed by atoms with Gasteiger partial charge in [-0.3, -0.25) is 9.78 Å². The van der Waals surface area contributed by atoms with E-state index in [1.807, 2.05) is 31.2 Å². The first-order chi connectivity index (χ1) is 13.6. The maximum Gasteiger partial charge on any atom is 0.251 e. The summed E-state index contributed by atoms with van der Waals surface area (Å²) < 4.78 is 13.6. The normalized spacial score (nSPS) is 10.5. The largest absolute Gasteiger partial charge is 0.368 e. The number of carbonyl (C=O) groups excluding carboxylic acids is 1. The smallest absolute Gasteiger partial charge is 0.251 e. The fourth-order valence-electron chi connectivity index (χ4n) is 2.58. The Morgan fingerprint density at radius 1 is 1.11 bits per heavy atom. The van der Waals surface area contributed by atoms with Crippen molar-refractivity contribution < 1.29 is 9.18 Å². The highest BCUT2D eigenvalue weighted by molar-refractivity contribution is 5.94. The lowest BCUT2D eigenvalue weighted by molar-refractivity contribution is 0.0954. The molecule has 7 heteroatoms. The van der Waals surface area contributed by atoms with Crippen LogP contribution in [-0.2, 0) is 6.42 Å². The Balaban J connectivity index is 1.60. The summed E-state index contributed by atoms with van der Waals surface area (Å²) in [6.07, 6.45) is 2.47. The van der Waals surface area contributed by atoms with Gasteiger partial charge in [-0.2, -0.15) is 0 Å². The highest BCUT2D eigenvalue weighted by atomic mass is 19.1. The third-order valence-electron chi connectivity index (χ3n) is 4.19. The second kappa shape index (κ2) is 9.03. The first-order valence-electron chi connectivity index (χ1n) is 9.14. The second-order valence-corrected chi connectivity index (χ2v) is 6.28. The van der Waals surface area contributed by atoms with E-state index in [1.54, 1.807) is 25.3 Å². The van der Waals surface area contributed by atoms with Crippen LogP contribution >= 0.6 is 0 Å². The van der Waals surface area contributed by atoms with Gasteiger partial charge in [0.15, 0.2) is 5.82 Å². The molecule has 28 heavy (non-hydrogen) atoms. The lowest BCUT2D eigenvalue weighted by Gasteiger charge is -2.10. The van der Waals surface area contributed by atoms with Crippen LogP contribution in [0.2, 0.25) is 0 Å². The number of aromatic nitrogens is 3. The van der Waals surface area contributed by atoms with Crippen LogP contribution in [0.15, 0.2) is 48.7 Å². The molecule has 144 valence electrons. The third kappa shape index (κ3) is 4.88. The van der Waals surface area contributed by atoms with Crippen molar-refractivity contribution >= 4 is 11.7 Å². The van der Waals surface area contributed by atoms with Crippen LogP contribution in [0.4, 0.5) is 10.2 Å². The molecule has 3 aromatic rings. The van der Waals surface area contributed by atoms with E-state index in [4.69, 9.17) is 0 Å². The van der Waals surface area contributed by atoms with Crippen LogP contribution in [0.25, 0.3) is 11.5 Å². The molecule has 0 aliphatic rings. The molecule has 3 rings (SSSR count). The minimum atomic E-state index is -0.388. The van der Waals surface area contributed by atoms with Gasteiger partial charge in [-0.15, -0.1) is 0 Å². The van der Waals surface area contributed by atoms with Crippen LogP contribution < -0.4 is 10.6 Å². The summed E-state index contributed by atoms with van der Waals surface area (Å²) in [4.78, 5) is 25.4. The van der Waals surface area contributed by atoms with Crippen LogP contribution in [0.3, 0.4) is 0 Å². The van der Waals surface area contributed by atoms with Crippen molar-refractivity contribution in [1.82, 2.24) is 20.3 Å². The number of aryl methyl sites for hydroxylation is 2. The fraction of sp³-hybridized carbons (Fsp3) is 0.238. The number of nitrogens with zero attached hydrogens (tertiary/aromatic N) is 3. The fourth-order valence-corrected chi connectivity index (χ4v) is 2.58. The molecular formula is C21H22FN5O. The quantitative estimate of drug-likeness (QED) is 0.615. The SMILES string of the molecule is CCc1cc(NCCNC(=O)c2ccc(C)c(F)c2)nc(-c2ccccn2)n1. The third-order valence-corrected chi connectivity index (χ3v) is 4.19. The Labute approximate surface area is 163 Å². The molecular weight excluding hydrogens is 357 g/mol. The zero-order valence-electron chi connectivity index (χ0n) is 15.9. The number of benzene rings is 1. The van der Waals surface area contributed by atoms with E-state index in [1.165, 1.54) is 6.07 Å². The average molecular weight is 379 g/mol. The first kappa shape index (κ1) is 19.4. The Kier molecular flexibility index (Phi) is 6.26. The maximum absolute atomic E-state index is 13.6. The van der Waals surface area contributed by atoms with Gasteiger partial charge in [-0.05, 0) is 43.2 Å². The van der Waals surface area contributed by atoms with Gasteiger partial charge in [0.05, 0.1) is 0 Å². The predicted molar refractivity (Wildman–Crippen MR) is 107 cm³/mol. The number of amides is 1. The second-order valence-electron chi connectivity index (χ2n) is 6.28. The molecule has 1 aromatic carbocycles. The van der Waals surface area contributed by atoms with E-state index in [0.717, 1.165) is 12.1 Å². The maximum atomic E-state index is 13.6. The summed E-state index contributed by atoms with van der Waals surface area (Å²) in [6.45, 7) is 4.53. The van der Waals surface area contributed by atoms with Crippen LogP contribution in [0.5, 0.6) is 0 Å². The van der Waals surface area contributed by atoms with Gasteiger partial charge in [-0.25, -0.2) is 14.4 Å².